The Kier molecular flexibility index (Phi) is 8.57. The number of rotatable bonds is 10. The van der Waals surface area contributed by atoms with Gasteiger partial charge in [0.1, 0.15) is 0 Å². The number of hydrogen-bond acceptors (Lipinski definition) is 5. The summed E-state index contributed by atoms with van der Waals surface area (Å²) in [7, 11) is 0. The maximum absolute atomic E-state index is 12.0. The maximum Gasteiger partial charge on any atom is 0.225 e. The van der Waals surface area contributed by atoms with Gasteiger partial charge in [-0.25, -0.2) is 9.97 Å². The Hall–Kier alpha value is -4.56. The molecule has 1 aromatic heterocycles. The molecule has 0 spiro atoms. The molecule has 0 bridgehead atoms. The molecule has 0 aliphatic carbocycles. The molecule has 0 atom stereocenters. The van der Waals surface area contributed by atoms with Gasteiger partial charge in [-0.05, 0) is 55.2 Å². The number of carbonyl (C=O) groups excluding carboxylic acids is 1. The fourth-order valence-electron chi connectivity index (χ4n) is 3.99. The third-order valence-corrected chi connectivity index (χ3v) is 5.76. The van der Waals surface area contributed by atoms with Crippen molar-refractivity contribution in [1.82, 2.24) is 9.97 Å². The molecular formula is C29H31N7O. The number of hydrogen-bond donors (Lipinski definition) is 5. The molecule has 1 amide bonds. The predicted molar refractivity (Wildman–Crippen MR) is 149 cm³/mol. The number of nitrogens with one attached hydrogen (secondary N) is 3. The van der Waals surface area contributed by atoms with Gasteiger partial charge in [-0.15, -0.1) is 0 Å². The summed E-state index contributed by atoms with van der Waals surface area (Å²) in [6.07, 6.45) is 2.98. The topological polar surface area (TPSA) is 143 Å². The smallest absolute Gasteiger partial charge is 0.225 e. The van der Waals surface area contributed by atoms with Gasteiger partial charge in [0.2, 0.25) is 5.91 Å². The van der Waals surface area contributed by atoms with Crippen molar-refractivity contribution in [3.05, 3.63) is 96.2 Å². The van der Waals surface area contributed by atoms with Crippen LogP contribution < -0.4 is 22.1 Å². The largest absolute Gasteiger partial charge is 0.370 e. The summed E-state index contributed by atoms with van der Waals surface area (Å²) in [6, 6.07) is 27.6. The molecule has 188 valence electrons. The third kappa shape index (κ3) is 7.46. The molecule has 0 aliphatic rings. The van der Waals surface area contributed by atoms with Crippen molar-refractivity contribution in [2.75, 3.05) is 17.2 Å². The molecule has 0 saturated carbocycles. The molecule has 0 saturated heterocycles. The normalized spacial score (nSPS) is 10.6. The van der Waals surface area contributed by atoms with Gasteiger partial charge >= 0.3 is 0 Å². The lowest BCUT2D eigenvalue weighted by atomic mass is 10.0. The van der Waals surface area contributed by atoms with Crippen LogP contribution in [0.3, 0.4) is 0 Å². The summed E-state index contributed by atoms with van der Waals surface area (Å²) in [5.74, 6) is 0.347. The summed E-state index contributed by atoms with van der Waals surface area (Å²) in [5.41, 5.74) is 17.1. The van der Waals surface area contributed by atoms with Gasteiger partial charge < -0.3 is 22.1 Å². The molecule has 1 heterocycles. The molecule has 37 heavy (non-hydrogen) atoms. The molecule has 8 heteroatoms. The van der Waals surface area contributed by atoms with E-state index in [0.717, 1.165) is 47.5 Å². The number of guanidine groups is 1. The minimum atomic E-state index is -0.129. The van der Waals surface area contributed by atoms with Crippen molar-refractivity contribution in [1.29, 1.82) is 5.41 Å². The van der Waals surface area contributed by atoms with Gasteiger partial charge in [-0.3, -0.25) is 10.2 Å². The van der Waals surface area contributed by atoms with Crippen molar-refractivity contribution in [3.8, 4) is 22.6 Å². The quantitative estimate of drug-likeness (QED) is 0.162. The molecule has 0 aliphatic heterocycles. The van der Waals surface area contributed by atoms with E-state index < -0.39 is 0 Å². The minimum absolute atomic E-state index is 0.115. The third-order valence-electron chi connectivity index (χ3n) is 5.76. The molecular weight excluding hydrogens is 462 g/mol. The predicted octanol–water partition coefficient (Wildman–Crippen LogP) is 4.58. The molecule has 0 radical (unpaired) electrons. The number of nitrogens with zero attached hydrogens (tertiary/aromatic N) is 2. The van der Waals surface area contributed by atoms with Crippen molar-refractivity contribution < 1.29 is 4.79 Å². The Balaban J connectivity index is 1.63. The number of aryl methyl sites for hydroxylation is 2. The van der Waals surface area contributed by atoms with Crippen LogP contribution in [-0.2, 0) is 17.6 Å². The van der Waals surface area contributed by atoms with Gasteiger partial charge in [-0.1, -0.05) is 54.6 Å². The van der Waals surface area contributed by atoms with E-state index in [2.05, 4.69) is 34.9 Å². The van der Waals surface area contributed by atoms with Crippen LogP contribution in [0.4, 0.5) is 11.4 Å². The zero-order valence-corrected chi connectivity index (χ0v) is 20.6. The van der Waals surface area contributed by atoms with E-state index in [1.54, 1.807) is 0 Å². The Morgan fingerprint density at radius 2 is 1.59 bits per heavy atom. The van der Waals surface area contributed by atoms with Crippen molar-refractivity contribution in [2.45, 2.75) is 25.7 Å². The lowest BCUT2D eigenvalue weighted by Gasteiger charge is -2.11. The summed E-state index contributed by atoms with van der Waals surface area (Å²) < 4.78 is 0. The number of amides is 1. The van der Waals surface area contributed by atoms with Gasteiger partial charge in [0, 0.05) is 41.2 Å². The molecule has 0 fully saturated rings. The van der Waals surface area contributed by atoms with Crippen LogP contribution in [0.25, 0.3) is 22.6 Å². The average Bonchev–Trinajstić information content (AvgIpc) is 2.89. The average molecular weight is 494 g/mol. The first kappa shape index (κ1) is 25.5. The zero-order chi connectivity index (χ0) is 26.0. The second kappa shape index (κ2) is 12.4. The Bertz CT molecular complexity index is 1350. The second-order valence-corrected chi connectivity index (χ2v) is 8.69. The highest BCUT2D eigenvalue weighted by molar-refractivity contribution is 5.91. The van der Waals surface area contributed by atoms with E-state index >= 15 is 0 Å². The van der Waals surface area contributed by atoms with Crippen molar-refractivity contribution >= 4 is 23.2 Å². The van der Waals surface area contributed by atoms with E-state index in [9.17, 15) is 4.79 Å². The van der Waals surface area contributed by atoms with Gasteiger partial charge in [0.05, 0.1) is 5.69 Å². The number of benzene rings is 3. The lowest BCUT2D eigenvalue weighted by Crippen LogP contribution is -2.20. The Morgan fingerprint density at radius 1 is 0.811 bits per heavy atom. The van der Waals surface area contributed by atoms with Crippen LogP contribution in [0, 0.1) is 5.41 Å². The number of anilines is 2. The van der Waals surface area contributed by atoms with E-state index in [0.29, 0.717) is 18.1 Å². The molecule has 3 aromatic carbocycles. The van der Waals surface area contributed by atoms with E-state index in [4.69, 9.17) is 26.8 Å². The van der Waals surface area contributed by atoms with E-state index in [-0.39, 0.29) is 18.3 Å². The van der Waals surface area contributed by atoms with Gasteiger partial charge in [0.25, 0.3) is 0 Å². The zero-order valence-electron chi connectivity index (χ0n) is 20.6. The number of carbonyl (C=O) groups is 1. The first-order valence-corrected chi connectivity index (χ1v) is 12.2. The Morgan fingerprint density at radius 3 is 2.32 bits per heavy atom. The summed E-state index contributed by atoms with van der Waals surface area (Å²) in [4.78, 5) is 21.8. The first-order valence-electron chi connectivity index (χ1n) is 12.2. The van der Waals surface area contributed by atoms with Gasteiger partial charge in [-0.2, -0.15) is 0 Å². The second-order valence-electron chi connectivity index (χ2n) is 8.69. The molecule has 0 unspecified atom stereocenters. The highest BCUT2D eigenvalue weighted by Gasteiger charge is 2.11. The van der Waals surface area contributed by atoms with Crippen molar-refractivity contribution in [3.63, 3.8) is 0 Å². The SMILES string of the molecule is N=C(N)Nc1ccc(-c2cc(CCCc3ccccc3)nc(-c3cccc(NC(=O)CCN)c3)n2)cc1. The molecule has 8 nitrogen and oxygen atoms in total. The monoisotopic (exact) mass is 493 g/mol. The lowest BCUT2D eigenvalue weighted by molar-refractivity contribution is -0.116. The van der Waals surface area contributed by atoms with Crippen LogP contribution in [0.15, 0.2) is 84.9 Å². The maximum atomic E-state index is 12.0. The fourth-order valence-corrected chi connectivity index (χ4v) is 3.99. The van der Waals surface area contributed by atoms with E-state index in [1.807, 2.05) is 60.7 Å². The standard InChI is InChI=1S/C29H31N7O/c30-17-16-27(37)33-24-11-5-9-22(18-24)28-34-25(10-4-8-20-6-2-1-3-7-20)19-26(36-28)21-12-14-23(15-13-21)35-29(31)32/h1-3,5-7,9,11-15,18-19H,4,8,10,16-17,30H2,(H,33,37)(H4,31,32,35). The van der Waals surface area contributed by atoms with Gasteiger partial charge in [0.15, 0.2) is 11.8 Å². The number of nitrogens with two attached hydrogens (primary N) is 2. The van der Waals surface area contributed by atoms with E-state index in [1.165, 1.54) is 5.56 Å². The fraction of sp³-hybridized carbons (Fsp3) is 0.172. The number of aromatic nitrogens is 2. The van der Waals surface area contributed by atoms with Crippen LogP contribution >= 0.6 is 0 Å². The Labute approximate surface area is 216 Å². The summed E-state index contributed by atoms with van der Waals surface area (Å²) in [6.45, 7) is 0.295. The van der Waals surface area contributed by atoms with Crippen molar-refractivity contribution in [2.24, 2.45) is 11.5 Å². The summed E-state index contributed by atoms with van der Waals surface area (Å²) >= 11 is 0. The summed E-state index contributed by atoms with van der Waals surface area (Å²) in [5, 5.41) is 13.1. The highest BCUT2D eigenvalue weighted by atomic mass is 16.1. The first-order chi connectivity index (χ1) is 18.0. The van der Waals surface area contributed by atoms with Crippen LogP contribution in [0.2, 0.25) is 0 Å². The minimum Gasteiger partial charge on any atom is -0.370 e. The highest BCUT2D eigenvalue weighted by Crippen LogP contribution is 2.26. The van der Waals surface area contributed by atoms with Crippen LogP contribution in [0.1, 0.15) is 24.1 Å². The van der Waals surface area contributed by atoms with Crippen LogP contribution in [0.5, 0.6) is 0 Å². The molecule has 7 N–H and O–H groups in total. The molecule has 4 aromatic rings. The molecule has 4 rings (SSSR count). The van der Waals surface area contributed by atoms with Crippen LogP contribution in [-0.4, -0.2) is 28.4 Å².